The van der Waals surface area contributed by atoms with Crippen molar-refractivity contribution in [2.75, 3.05) is 13.1 Å². The van der Waals surface area contributed by atoms with Crippen molar-refractivity contribution in [2.45, 2.75) is 45.4 Å². The second-order valence-electron chi connectivity index (χ2n) is 3.71. The fourth-order valence-corrected chi connectivity index (χ4v) is 1.82. The van der Waals surface area contributed by atoms with Gasteiger partial charge >= 0.3 is 0 Å². The molecule has 0 amide bonds. The van der Waals surface area contributed by atoms with Gasteiger partial charge in [-0.2, -0.15) is 0 Å². The number of rotatable bonds is 5. The molecule has 1 unspecified atom stereocenters. The van der Waals surface area contributed by atoms with Gasteiger partial charge in [0.15, 0.2) is 0 Å². The number of hydrogen-bond acceptors (Lipinski definition) is 1. The van der Waals surface area contributed by atoms with Gasteiger partial charge in [-0.15, -0.1) is 0 Å². The summed E-state index contributed by atoms with van der Waals surface area (Å²) in [5.74, 6) is 1.01. The van der Waals surface area contributed by atoms with Crippen LogP contribution in [-0.4, -0.2) is 13.1 Å². The molecule has 1 N–H and O–H groups in total. The van der Waals surface area contributed by atoms with Gasteiger partial charge in [0, 0.05) is 0 Å². The fourth-order valence-electron chi connectivity index (χ4n) is 1.82. The summed E-state index contributed by atoms with van der Waals surface area (Å²) in [5.41, 5.74) is 0. The molecule has 1 heteroatoms. The molecule has 0 radical (unpaired) electrons. The summed E-state index contributed by atoms with van der Waals surface area (Å²) in [6.07, 6.45) is 8.59. The van der Waals surface area contributed by atoms with Crippen LogP contribution in [-0.2, 0) is 0 Å². The van der Waals surface area contributed by atoms with E-state index in [1.807, 2.05) is 0 Å². The molecule has 1 rings (SSSR count). The molecule has 0 aromatic rings. The Balaban J connectivity index is 1.86. The zero-order valence-corrected chi connectivity index (χ0v) is 7.73. The summed E-state index contributed by atoms with van der Waals surface area (Å²) >= 11 is 0. The van der Waals surface area contributed by atoms with Crippen LogP contribution in [0.2, 0.25) is 0 Å². The predicted octanol–water partition coefficient (Wildman–Crippen LogP) is 2.57. The van der Waals surface area contributed by atoms with Gasteiger partial charge in [0.25, 0.3) is 0 Å². The van der Waals surface area contributed by atoms with Crippen molar-refractivity contribution in [1.82, 2.24) is 5.32 Å². The van der Waals surface area contributed by atoms with Crippen molar-refractivity contribution in [1.29, 1.82) is 0 Å². The Hall–Kier alpha value is -0.0400. The predicted molar refractivity (Wildman–Crippen MR) is 49.7 cm³/mol. The zero-order valence-electron chi connectivity index (χ0n) is 7.73. The molecule has 0 aromatic carbocycles. The lowest BCUT2D eigenvalue weighted by molar-refractivity contribution is 0.489. The van der Waals surface area contributed by atoms with Crippen LogP contribution in [0.25, 0.3) is 0 Å². The van der Waals surface area contributed by atoms with Crippen molar-refractivity contribution >= 4 is 0 Å². The molecule has 1 aliphatic rings. The SMILES string of the molecule is CCCCCCC1CCNC1. The number of nitrogens with one attached hydrogen (secondary N) is 1. The third-order valence-corrected chi connectivity index (χ3v) is 2.63. The molecule has 0 bridgehead atoms. The lowest BCUT2D eigenvalue weighted by atomic mass is 10.0. The molecule has 1 saturated heterocycles. The Kier molecular flexibility index (Phi) is 4.60. The van der Waals surface area contributed by atoms with Crippen LogP contribution in [0, 0.1) is 5.92 Å². The van der Waals surface area contributed by atoms with E-state index in [2.05, 4.69) is 12.2 Å². The standard InChI is InChI=1S/C10H21N/c1-2-3-4-5-6-10-7-8-11-9-10/h10-11H,2-9H2,1H3. The van der Waals surface area contributed by atoms with Gasteiger partial charge < -0.3 is 5.32 Å². The highest BCUT2D eigenvalue weighted by molar-refractivity contribution is 4.70. The molecule has 0 aromatic heterocycles. The first-order valence-electron chi connectivity index (χ1n) is 5.14. The normalized spacial score (nSPS) is 24.3. The monoisotopic (exact) mass is 155 g/mol. The van der Waals surface area contributed by atoms with E-state index in [1.165, 1.54) is 51.6 Å². The van der Waals surface area contributed by atoms with Crippen LogP contribution in [0.4, 0.5) is 0 Å². The minimum absolute atomic E-state index is 1.01. The molecular weight excluding hydrogens is 134 g/mol. The van der Waals surface area contributed by atoms with Crippen molar-refractivity contribution in [3.05, 3.63) is 0 Å². The van der Waals surface area contributed by atoms with E-state index in [0.717, 1.165) is 5.92 Å². The maximum absolute atomic E-state index is 3.41. The van der Waals surface area contributed by atoms with E-state index in [9.17, 15) is 0 Å². The molecular formula is C10H21N. The smallest absolute Gasteiger partial charge is 0.00200 e. The van der Waals surface area contributed by atoms with E-state index in [0.29, 0.717) is 0 Å². The topological polar surface area (TPSA) is 12.0 Å². The second kappa shape index (κ2) is 5.59. The van der Waals surface area contributed by atoms with E-state index < -0.39 is 0 Å². The quantitative estimate of drug-likeness (QED) is 0.602. The molecule has 66 valence electrons. The molecule has 1 atom stereocenters. The Bertz CT molecular complexity index is 84.9. The van der Waals surface area contributed by atoms with Crippen LogP contribution in [0.1, 0.15) is 45.4 Å². The Morgan fingerprint density at radius 1 is 1.27 bits per heavy atom. The average Bonchev–Trinajstić information content (AvgIpc) is 2.50. The maximum atomic E-state index is 3.41. The summed E-state index contributed by atoms with van der Waals surface area (Å²) in [4.78, 5) is 0. The van der Waals surface area contributed by atoms with Gasteiger partial charge in [-0.25, -0.2) is 0 Å². The summed E-state index contributed by atoms with van der Waals surface area (Å²) in [6, 6.07) is 0. The minimum atomic E-state index is 1.01. The summed E-state index contributed by atoms with van der Waals surface area (Å²) < 4.78 is 0. The lowest BCUT2D eigenvalue weighted by Gasteiger charge is -2.06. The highest BCUT2D eigenvalue weighted by atomic mass is 14.9. The third-order valence-electron chi connectivity index (χ3n) is 2.63. The van der Waals surface area contributed by atoms with Crippen molar-refractivity contribution in [3.63, 3.8) is 0 Å². The van der Waals surface area contributed by atoms with Crippen LogP contribution in [0.3, 0.4) is 0 Å². The first kappa shape index (κ1) is 9.05. The first-order valence-corrected chi connectivity index (χ1v) is 5.14. The molecule has 0 aliphatic carbocycles. The Labute approximate surface area is 70.6 Å². The first-order chi connectivity index (χ1) is 5.43. The van der Waals surface area contributed by atoms with Gasteiger partial charge in [0.2, 0.25) is 0 Å². The van der Waals surface area contributed by atoms with Crippen molar-refractivity contribution < 1.29 is 0 Å². The van der Waals surface area contributed by atoms with Gasteiger partial charge in [0.05, 0.1) is 0 Å². The number of unbranched alkanes of at least 4 members (excludes halogenated alkanes) is 3. The van der Waals surface area contributed by atoms with Crippen molar-refractivity contribution in [3.8, 4) is 0 Å². The van der Waals surface area contributed by atoms with Gasteiger partial charge in [-0.05, 0) is 31.8 Å². The molecule has 1 aliphatic heterocycles. The molecule has 1 nitrogen and oxygen atoms in total. The minimum Gasteiger partial charge on any atom is -0.316 e. The summed E-state index contributed by atoms with van der Waals surface area (Å²) in [5, 5.41) is 3.41. The fraction of sp³-hybridized carbons (Fsp3) is 1.00. The molecule has 1 heterocycles. The summed E-state index contributed by atoms with van der Waals surface area (Å²) in [7, 11) is 0. The molecule has 0 spiro atoms. The highest BCUT2D eigenvalue weighted by Crippen LogP contribution is 2.16. The van der Waals surface area contributed by atoms with Crippen LogP contribution in [0.5, 0.6) is 0 Å². The van der Waals surface area contributed by atoms with Gasteiger partial charge in [0.1, 0.15) is 0 Å². The van der Waals surface area contributed by atoms with Gasteiger partial charge in [-0.3, -0.25) is 0 Å². The maximum Gasteiger partial charge on any atom is -0.00200 e. The van der Waals surface area contributed by atoms with E-state index in [-0.39, 0.29) is 0 Å². The Morgan fingerprint density at radius 3 is 2.82 bits per heavy atom. The lowest BCUT2D eigenvalue weighted by Crippen LogP contribution is -2.08. The highest BCUT2D eigenvalue weighted by Gasteiger charge is 2.12. The third kappa shape index (κ3) is 3.76. The Morgan fingerprint density at radius 2 is 2.18 bits per heavy atom. The largest absolute Gasteiger partial charge is 0.316 e. The van der Waals surface area contributed by atoms with Gasteiger partial charge in [-0.1, -0.05) is 32.6 Å². The van der Waals surface area contributed by atoms with Crippen LogP contribution in [0.15, 0.2) is 0 Å². The van der Waals surface area contributed by atoms with E-state index in [4.69, 9.17) is 0 Å². The number of hydrogen-bond donors (Lipinski definition) is 1. The van der Waals surface area contributed by atoms with Crippen LogP contribution < -0.4 is 5.32 Å². The average molecular weight is 155 g/mol. The summed E-state index contributed by atoms with van der Waals surface area (Å²) in [6.45, 7) is 4.82. The van der Waals surface area contributed by atoms with Crippen LogP contribution >= 0.6 is 0 Å². The molecule has 0 saturated carbocycles. The zero-order chi connectivity index (χ0) is 7.94. The molecule has 1 fully saturated rings. The van der Waals surface area contributed by atoms with E-state index in [1.54, 1.807) is 0 Å². The molecule has 11 heavy (non-hydrogen) atoms. The van der Waals surface area contributed by atoms with Crippen molar-refractivity contribution in [2.24, 2.45) is 5.92 Å². The van der Waals surface area contributed by atoms with E-state index >= 15 is 0 Å². The second-order valence-corrected chi connectivity index (χ2v) is 3.71.